The number of carbonyl (C=O) groups is 1. The number of ether oxygens (including phenoxy) is 1. The highest BCUT2D eigenvalue weighted by Gasteiger charge is 2.21. The number of hydrogen-bond acceptors (Lipinski definition) is 3. The van der Waals surface area contributed by atoms with Crippen LogP contribution in [0.25, 0.3) is 0 Å². The maximum atomic E-state index is 11.7. The van der Waals surface area contributed by atoms with Crippen LogP contribution in [0.3, 0.4) is 0 Å². The Balaban J connectivity index is 2.92. The molecule has 0 fully saturated rings. The van der Waals surface area contributed by atoms with Gasteiger partial charge in [-0.2, -0.15) is 0 Å². The summed E-state index contributed by atoms with van der Waals surface area (Å²) in [5.41, 5.74) is 0.702. The van der Waals surface area contributed by atoms with Gasteiger partial charge in [0.1, 0.15) is 5.92 Å². The minimum Gasteiger partial charge on any atom is -0.465 e. The smallest absolute Gasteiger partial charge is 0.315 e. The van der Waals surface area contributed by atoms with Gasteiger partial charge in [-0.3, -0.25) is 9.78 Å². The molecule has 1 aromatic heterocycles. The van der Waals surface area contributed by atoms with Crippen molar-refractivity contribution in [2.75, 3.05) is 6.61 Å². The molecular weight excluding hydrogens is 270 g/mol. The molecule has 0 amide bonds. The lowest BCUT2D eigenvalue weighted by molar-refractivity contribution is -0.145. The number of allylic oxidation sites excluding steroid dienone is 1. The van der Waals surface area contributed by atoms with Crippen LogP contribution in [0.5, 0.6) is 0 Å². The molecule has 86 valence electrons. The zero-order valence-corrected chi connectivity index (χ0v) is 10.7. The molecule has 0 spiro atoms. The lowest BCUT2D eigenvalue weighted by Gasteiger charge is -2.13. The number of halogens is 1. The molecule has 1 unspecified atom stereocenters. The molecule has 4 heteroatoms. The van der Waals surface area contributed by atoms with Crippen molar-refractivity contribution in [1.29, 1.82) is 0 Å². The number of aromatic nitrogens is 1. The van der Waals surface area contributed by atoms with E-state index in [4.69, 9.17) is 4.74 Å². The lowest BCUT2D eigenvalue weighted by Crippen LogP contribution is -2.16. The topological polar surface area (TPSA) is 39.2 Å². The average Bonchev–Trinajstić information content (AvgIpc) is 2.26. The van der Waals surface area contributed by atoms with E-state index in [0.29, 0.717) is 18.7 Å². The molecule has 16 heavy (non-hydrogen) atoms. The van der Waals surface area contributed by atoms with E-state index in [1.807, 2.05) is 12.1 Å². The molecule has 0 aliphatic heterocycles. The number of nitrogens with zero attached hydrogens (tertiary/aromatic N) is 1. The molecule has 1 heterocycles. The van der Waals surface area contributed by atoms with Crippen molar-refractivity contribution in [2.24, 2.45) is 0 Å². The zero-order valence-electron chi connectivity index (χ0n) is 9.15. The molecule has 0 N–H and O–H groups in total. The van der Waals surface area contributed by atoms with Crippen LogP contribution in [-0.4, -0.2) is 17.6 Å². The second-order valence-electron chi connectivity index (χ2n) is 3.23. The van der Waals surface area contributed by atoms with Crippen LogP contribution in [0.2, 0.25) is 0 Å². The molecule has 3 nitrogen and oxygen atoms in total. The second-order valence-corrected chi connectivity index (χ2v) is 4.14. The van der Waals surface area contributed by atoms with Crippen molar-refractivity contribution < 1.29 is 9.53 Å². The third kappa shape index (κ3) is 3.45. The Morgan fingerprint density at radius 1 is 1.75 bits per heavy atom. The molecule has 1 aromatic rings. The fourth-order valence-corrected chi connectivity index (χ4v) is 1.71. The molecule has 0 aromatic carbocycles. The molecule has 0 bridgehead atoms. The van der Waals surface area contributed by atoms with Gasteiger partial charge in [0.2, 0.25) is 0 Å². The third-order valence-corrected chi connectivity index (χ3v) is 2.57. The van der Waals surface area contributed by atoms with E-state index in [2.05, 4.69) is 27.5 Å². The van der Waals surface area contributed by atoms with E-state index in [-0.39, 0.29) is 11.9 Å². The highest BCUT2D eigenvalue weighted by atomic mass is 79.9. The standard InChI is InChI=1S/C12H14BrNO2/c1-3-5-10(12(15)16-4-2)11-8-9(13)6-7-14-11/h3,6-8,10H,1,4-5H2,2H3. The van der Waals surface area contributed by atoms with E-state index in [1.54, 1.807) is 19.2 Å². The summed E-state index contributed by atoms with van der Waals surface area (Å²) in [4.78, 5) is 15.9. The average molecular weight is 284 g/mol. The summed E-state index contributed by atoms with van der Waals surface area (Å²) in [5, 5.41) is 0. The van der Waals surface area contributed by atoms with Gasteiger partial charge in [-0.1, -0.05) is 22.0 Å². The van der Waals surface area contributed by atoms with Crippen LogP contribution in [0.4, 0.5) is 0 Å². The van der Waals surface area contributed by atoms with Gasteiger partial charge in [-0.25, -0.2) is 0 Å². The maximum Gasteiger partial charge on any atom is 0.315 e. The fourth-order valence-electron chi connectivity index (χ4n) is 1.36. The summed E-state index contributed by atoms with van der Waals surface area (Å²) in [5.74, 6) is -0.622. The summed E-state index contributed by atoms with van der Waals surface area (Å²) >= 11 is 3.35. The van der Waals surface area contributed by atoms with E-state index >= 15 is 0 Å². The van der Waals surface area contributed by atoms with Gasteiger partial charge in [0, 0.05) is 10.7 Å². The second kappa shape index (κ2) is 6.43. The predicted octanol–water partition coefficient (Wildman–Crippen LogP) is 3.07. The third-order valence-electron chi connectivity index (χ3n) is 2.07. The molecule has 0 aliphatic rings. The first-order valence-electron chi connectivity index (χ1n) is 5.08. The molecule has 0 radical (unpaired) electrons. The molecule has 1 rings (SSSR count). The first kappa shape index (κ1) is 12.9. The van der Waals surface area contributed by atoms with Crippen molar-refractivity contribution in [3.05, 3.63) is 41.2 Å². The minimum absolute atomic E-state index is 0.256. The Labute approximate surface area is 104 Å². The van der Waals surface area contributed by atoms with Gasteiger partial charge in [-0.15, -0.1) is 6.58 Å². The summed E-state index contributed by atoms with van der Waals surface area (Å²) < 4.78 is 5.91. The molecule has 0 saturated carbocycles. The highest BCUT2D eigenvalue weighted by Crippen LogP contribution is 2.22. The maximum absolute atomic E-state index is 11.7. The first-order valence-corrected chi connectivity index (χ1v) is 5.87. The van der Waals surface area contributed by atoms with E-state index in [1.165, 1.54) is 0 Å². The van der Waals surface area contributed by atoms with Crippen LogP contribution in [0.1, 0.15) is 25.0 Å². The van der Waals surface area contributed by atoms with Gasteiger partial charge in [-0.05, 0) is 25.5 Å². The first-order chi connectivity index (χ1) is 7.69. The van der Waals surface area contributed by atoms with E-state index < -0.39 is 0 Å². The van der Waals surface area contributed by atoms with Gasteiger partial charge in [0.15, 0.2) is 0 Å². The minimum atomic E-state index is -0.366. The summed E-state index contributed by atoms with van der Waals surface area (Å²) in [6.07, 6.45) is 3.89. The van der Waals surface area contributed by atoms with Crippen molar-refractivity contribution >= 4 is 21.9 Å². The number of hydrogen-bond donors (Lipinski definition) is 0. The summed E-state index contributed by atoms with van der Waals surface area (Å²) in [7, 11) is 0. The lowest BCUT2D eigenvalue weighted by atomic mass is 10.0. The highest BCUT2D eigenvalue weighted by molar-refractivity contribution is 9.10. The summed E-state index contributed by atoms with van der Waals surface area (Å²) in [6.45, 7) is 5.81. The van der Waals surface area contributed by atoms with Crippen molar-refractivity contribution in [2.45, 2.75) is 19.3 Å². The SMILES string of the molecule is C=CCC(C(=O)OCC)c1cc(Br)ccn1. The van der Waals surface area contributed by atoms with Gasteiger partial charge < -0.3 is 4.74 Å². The van der Waals surface area contributed by atoms with Crippen LogP contribution in [0.15, 0.2) is 35.5 Å². The number of esters is 1. The quantitative estimate of drug-likeness (QED) is 0.616. The van der Waals surface area contributed by atoms with E-state index in [9.17, 15) is 4.79 Å². The molecular formula is C12H14BrNO2. The molecule has 1 atom stereocenters. The largest absolute Gasteiger partial charge is 0.465 e. The van der Waals surface area contributed by atoms with Crippen LogP contribution in [-0.2, 0) is 9.53 Å². The van der Waals surface area contributed by atoms with Crippen molar-refractivity contribution in [3.8, 4) is 0 Å². The fraction of sp³-hybridized carbons (Fsp3) is 0.333. The van der Waals surface area contributed by atoms with Gasteiger partial charge in [0.25, 0.3) is 0 Å². The normalized spacial score (nSPS) is 11.9. The summed E-state index contributed by atoms with van der Waals surface area (Å²) in [6, 6.07) is 3.64. The van der Waals surface area contributed by atoms with Gasteiger partial charge >= 0.3 is 5.97 Å². The number of pyridine rings is 1. The van der Waals surface area contributed by atoms with Crippen molar-refractivity contribution in [1.82, 2.24) is 4.98 Å². The monoisotopic (exact) mass is 283 g/mol. The Kier molecular flexibility index (Phi) is 5.19. The Morgan fingerprint density at radius 3 is 3.06 bits per heavy atom. The Morgan fingerprint density at radius 2 is 2.50 bits per heavy atom. The predicted molar refractivity (Wildman–Crippen MR) is 66.1 cm³/mol. The zero-order chi connectivity index (χ0) is 12.0. The molecule has 0 aliphatic carbocycles. The number of rotatable bonds is 5. The Hall–Kier alpha value is -1.16. The van der Waals surface area contributed by atoms with Gasteiger partial charge in [0.05, 0.1) is 12.3 Å². The molecule has 0 saturated heterocycles. The van der Waals surface area contributed by atoms with Crippen LogP contribution in [0, 0.1) is 0 Å². The van der Waals surface area contributed by atoms with Crippen LogP contribution < -0.4 is 0 Å². The number of carbonyl (C=O) groups excluding carboxylic acids is 1. The van der Waals surface area contributed by atoms with Crippen LogP contribution >= 0.6 is 15.9 Å². The van der Waals surface area contributed by atoms with E-state index in [0.717, 1.165) is 4.47 Å². The van der Waals surface area contributed by atoms with Crippen molar-refractivity contribution in [3.63, 3.8) is 0 Å². The Bertz CT molecular complexity index is 379.